The van der Waals surface area contributed by atoms with Crippen molar-refractivity contribution in [2.45, 2.75) is 50.5 Å². The summed E-state index contributed by atoms with van der Waals surface area (Å²) >= 11 is 0. The quantitative estimate of drug-likeness (QED) is 0.346. The second kappa shape index (κ2) is 10.7. The van der Waals surface area contributed by atoms with Gasteiger partial charge in [0.25, 0.3) is 0 Å². The number of nitrogens with zero attached hydrogens (tertiary/aromatic N) is 1. The summed E-state index contributed by atoms with van der Waals surface area (Å²) in [6.45, 7) is 6.91. The first-order valence-corrected chi connectivity index (χ1v) is 10.6. The second-order valence-electron chi connectivity index (χ2n) is 7.67. The van der Waals surface area contributed by atoms with Crippen molar-refractivity contribution >= 4 is 5.96 Å². The average molecular weight is 390 g/mol. The lowest BCUT2D eigenvalue weighted by molar-refractivity contribution is 0.0168. The Morgan fingerprint density at radius 2 is 2.14 bits per heavy atom. The van der Waals surface area contributed by atoms with Crippen molar-refractivity contribution in [3.8, 4) is 5.75 Å². The van der Waals surface area contributed by atoms with Gasteiger partial charge in [0.15, 0.2) is 5.96 Å². The van der Waals surface area contributed by atoms with Crippen LogP contribution in [0.2, 0.25) is 0 Å². The number of aliphatic imine (C=N–C) groups is 1. The highest BCUT2D eigenvalue weighted by Gasteiger charge is 2.46. The van der Waals surface area contributed by atoms with Gasteiger partial charge in [-0.15, -0.1) is 0 Å². The summed E-state index contributed by atoms with van der Waals surface area (Å²) in [4.78, 5) is 4.86. The fourth-order valence-electron chi connectivity index (χ4n) is 3.69. The van der Waals surface area contributed by atoms with Crippen molar-refractivity contribution in [1.82, 2.24) is 10.6 Å². The van der Waals surface area contributed by atoms with E-state index >= 15 is 0 Å². The van der Waals surface area contributed by atoms with E-state index in [2.05, 4.69) is 29.7 Å². The molecule has 1 atom stereocenters. The van der Waals surface area contributed by atoms with Gasteiger partial charge in [-0.05, 0) is 45.1 Å². The first-order chi connectivity index (χ1) is 13.8. The molecule has 1 aliphatic heterocycles. The summed E-state index contributed by atoms with van der Waals surface area (Å²) in [5, 5.41) is 6.77. The Bertz CT molecular complexity index is 625. The molecule has 2 fully saturated rings. The van der Waals surface area contributed by atoms with Crippen molar-refractivity contribution in [3.63, 3.8) is 0 Å². The van der Waals surface area contributed by atoms with Gasteiger partial charge in [0.05, 0.1) is 26.4 Å². The fourth-order valence-corrected chi connectivity index (χ4v) is 3.69. The first-order valence-electron chi connectivity index (χ1n) is 10.6. The maximum absolute atomic E-state index is 5.73. The Morgan fingerprint density at radius 1 is 1.29 bits per heavy atom. The molecular formula is C22H35N3O3. The van der Waals surface area contributed by atoms with E-state index in [0.717, 1.165) is 83.3 Å². The largest absolute Gasteiger partial charge is 0.496 e. The molecule has 0 radical (unpaired) electrons. The van der Waals surface area contributed by atoms with E-state index in [9.17, 15) is 0 Å². The molecule has 28 heavy (non-hydrogen) atoms. The highest BCUT2D eigenvalue weighted by Crippen LogP contribution is 2.51. The summed E-state index contributed by atoms with van der Waals surface area (Å²) in [6.07, 6.45) is 5.87. The van der Waals surface area contributed by atoms with Crippen LogP contribution in [-0.2, 0) is 14.9 Å². The highest BCUT2D eigenvalue weighted by molar-refractivity contribution is 5.79. The van der Waals surface area contributed by atoms with Crippen LogP contribution >= 0.6 is 0 Å². The summed E-state index contributed by atoms with van der Waals surface area (Å²) in [7, 11) is 1.74. The summed E-state index contributed by atoms with van der Waals surface area (Å²) < 4.78 is 16.9. The van der Waals surface area contributed by atoms with Crippen molar-refractivity contribution < 1.29 is 14.2 Å². The third-order valence-corrected chi connectivity index (χ3v) is 5.50. The molecule has 1 aromatic carbocycles. The minimum Gasteiger partial charge on any atom is -0.496 e. The number of ether oxygens (including phenoxy) is 3. The van der Waals surface area contributed by atoms with E-state index in [0.29, 0.717) is 6.10 Å². The Labute approximate surface area is 169 Å². The van der Waals surface area contributed by atoms with Crippen LogP contribution in [0.5, 0.6) is 5.75 Å². The fraction of sp³-hybridized carbons (Fsp3) is 0.682. The normalized spacial score (nSPS) is 20.8. The van der Waals surface area contributed by atoms with E-state index in [1.807, 2.05) is 12.1 Å². The molecule has 1 unspecified atom stereocenters. The molecule has 2 aliphatic rings. The van der Waals surface area contributed by atoms with Gasteiger partial charge in [-0.25, -0.2) is 0 Å². The van der Waals surface area contributed by atoms with Crippen molar-refractivity contribution in [1.29, 1.82) is 0 Å². The van der Waals surface area contributed by atoms with Crippen molar-refractivity contribution in [3.05, 3.63) is 29.8 Å². The third kappa shape index (κ3) is 5.85. The van der Waals surface area contributed by atoms with E-state index in [4.69, 9.17) is 19.2 Å². The molecule has 1 aliphatic carbocycles. The number of rotatable bonds is 11. The predicted molar refractivity (Wildman–Crippen MR) is 112 cm³/mol. The van der Waals surface area contributed by atoms with E-state index < -0.39 is 0 Å². The van der Waals surface area contributed by atoms with E-state index in [-0.39, 0.29) is 5.41 Å². The number of nitrogens with one attached hydrogen (secondary N) is 2. The maximum Gasteiger partial charge on any atom is 0.191 e. The lowest BCUT2D eigenvalue weighted by Crippen LogP contribution is -2.38. The average Bonchev–Trinajstić information content (AvgIpc) is 3.34. The molecule has 1 saturated heterocycles. The monoisotopic (exact) mass is 389 g/mol. The van der Waals surface area contributed by atoms with Gasteiger partial charge >= 0.3 is 0 Å². The third-order valence-electron chi connectivity index (χ3n) is 5.50. The summed E-state index contributed by atoms with van der Waals surface area (Å²) in [5.41, 5.74) is 1.40. The summed E-state index contributed by atoms with van der Waals surface area (Å²) in [5.74, 6) is 1.85. The molecule has 3 rings (SSSR count). The molecule has 0 bridgehead atoms. The van der Waals surface area contributed by atoms with Gasteiger partial charge in [-0.3, -0.25) is 4.99 Å². The molecule has 1 aromatic rings. The Kier molecular flexibility index (Phi) is 7.98. The molecule has 1 heterocycles. The zero-order chi connectivity index (χ0) is 19.7. The molecular weight excluding hydrogens is 354 g/mol. The van der Waals surface area contributed by atoms with Crippen LogP contribution in [0.1, 0.15) is 44.6 Å². The van der Waals surface area contributed by atoms with Crippen LogP contribution in [0.4, 0.5) is 0 Å². The van der Waals surface area contributed by atoms with E-state index in [1.54, 1.807) is 7.11 Å². The molecule has 156 valence electrons. The van der Waals surface area contributed by atoms with Gasteiger partial charge < -0.3 is 24.8 Å². The number of guanidine groups is 1. The van der Waals surface area contributed by atoms with Crippen molar-refractivity contribution in [2.75, 3.05) is 46.6 Å². The second-order valence-corrected chi connectivity index (χ2v) is 7.67. The molecule has 1 saturated carbocycles. The molecule has 6 nitrogen and oxygen atoms in total. The van der Waals surface area contributed by atoms with Crippen LogP contribution in [0.15, 0.2) is 29.3 Å². The summed E-state index contributed by atoms with van der Waals surface area (Å²) in [6, 6.07) is 8.32. The minimum absolute atomic E-state index is 0.124. The SMILES string of the molecule is CCNC(=NCC1(c2ccccc2OC)CC1)NCCCOCC1CCCO1. The Morgan fingerprint density at radius 3 is 2.86 bits per heavy atom. The molecule has 0 aromatic heterocycles. The standard InChI is InChI=1S/C22H35N3O3/c1-3-23-21(24-13-7-14-27-16-18-8-6-15-28-18)25-17-22(11-12-22)19-9-4-5-10-20(19)26-2/h4-5,9-10,18H,3,6-8,11-17H2,1-2H3,(H2,23,24,25). The van der Waals surface area contributed by atoms with Gasteiger partial charge in [-0.1, -0.05) is 18.2 Å². The van der Waals surface area contributed by atoms with Crippen LogP contribution in [0, 0.1) is 0 Å². The van der Waals surface area contributed by atoms with Crippen LogP contribution in [-0.4, -0.2) is 58.6 Å². The number of para-hydroxylation sites is 1. The first kappa shape index (κ1) is 20.9. The number of benzene rings is 1. The van der Waals surface area contributed by atoms with E-state index in [1.165, 1.54) is 5.56 Å². The van der Waals surface area contributed by atoms with Gasteiger partial charge in [0.1, 0.15) is 5.75 Å². The predicted octanol–water partition coefficient (Wildman–Crippen LogP) is 2.87. The lowest BCUT2D eigenvalue weighted by Gasteiger charge is -2.18. The number of hydrogen-bond acceptors (Lipinski definition) is 4. The highest BCUT2D eigenvalue weighted by atomic mass is 16.5. The van der Waals surface area contributed by atoms with Gasteiger partial charge in [0, 0.05) is 37.3 Å². The zero-order valence-electron chi connectivity index (χ0n) is 17.3. The maximum atomic E-state index is 5.73. The van der Waals surface area contributed by atoms with Crippen LogP contribution < -0.4 is 15.4 Å². The van der Waals surface area contributed by atoms with Gasteiger partial charge in [0.2, 0.25) is 0 Å². The molecule has 6 heteroatoms. The van der Waals surface area contributed by atoms with Crippen molar-refractivity contribution in [2.24, 2.45) is 4.99 Å². The number of hydrogen-bond donors (Lipinski definition) is 2. The zero-order valence-corrected chi connectivity index (χ0v) is 17.3. The molecule has 0 spiro atoms. The van der Waals surface area contributed by atoms with Crippen LogP contribution in [0.3, 0.4) is 0 Å². The minimum atomic E-state index is 0.124. The Hall–Kier alpha value is -1.79. The van der Waals surface area contributed by atoms with Gasteiger partial charge in [-0.2, -0.15) is 0 Å². The molecule has 2 N–H and O–H groups in total. The topological polar surface area (TPSA) is 64.1 Å². The molecule has 0 amide bonds. The number of methoxy groups -OCH3 is 1. The van der Waals surface area contributed by atoms with Crippen LogP contribution in [0.25, 0.3) is 0 Å². The Balaban J connectivity index is 1.43. The smallest absolute Gasteiger partial charge is 0.191 e. The lowest BCUT2D eigenvalue weighted by atomic mass is 9.95.